The molecule has 8 nitrogen and oxygen atoms in total. The molecule has 0 aromatic heterocycles. The van der Waals surface area contributed by atoms with Crippen LogP contribution in [-0.4, -0.2) is 23.3 Å². The van der Waals surface area contributed by atoms with Crippen LogP contribution in [0.3, 0.4) is 0 Å². The van der Waals surface area contributed by atoms with Crippen LogP contribution < -0.4 is 9.47 Å². The summed E-state index contributed by atoms with van der Waals surface area (Å²) in [5.41, 5.74) is 1.52. The molecule has 0 aliphatic carbocycles. The Kier molecular flexibility index (Phi) is 6.17. The Morgan fingerprint density at radius 3 is 2.48 bits per heavy atom. The van der Waals surface area contributed by atoms with Crippen molar-refractivity contribution in [3.8, 4) is 11.5 Å². The lowest BCUT2D eigenvalue weighted by molar-refractivity contribution is -0.384. The standard InChI is InChI=1S/C25H19NO7/c1-2-31-25(28)24(17-6-4-3-5-7-17)32-19-12-13-20-21(15-19)33-22(23(20)27)14-16-8-10-18(11-9-16)26(29)30/h3-15,24H,2H2,1H3/b22-14-. The van der Waals surface area contributed by atoms with Gasteiger partial charge >= 0.3 is 5.97 Å². The molecule has 3 aromatic carbocycles. The Hall–Kier alpha value is -4.46. The minimum Gasteiger partial charge on any atom is -0.474 e. The number of non-ortho nitro benzene ring substituents is 1. The van der Waals surface area contributed by atoms with E-state index < -0.39 is 17.0 Å². The maximum Gasteiger partial charge on any atom is 0.352 e. The number of allylic oxidation sites excluding steroid dienone is 1. The van der Waals surface area contributed by atoms with Crippen molar-refractivity contribution < 1.29 is 28.7 Å². The van der Waals surface area contributed by atoms with Crippen molar-refractivity contribution in [2.75, 3.05) is 6.61 Å². The average molecular weight is 445 g/mol. The molecular weight excluding hydrogens is 426 g/mol. The van der Waals surface area contributed by atoms with E-state index in [2.05, 4.69) is 0 Å². The Balaban J connectivity index is 1.57. The van der Waals surface area contributed by atoms with Gasteiger partial charge in [0.25, 0.3) is 5.69 Å². The van der Waals surface area contributed by atoms with Gasteiger partial charge in [0.1, 0.15) is 11.5 Å². The van der Waals surface area contributed by atoms with E-state index in [1.165, 1.54) is 30.3 Å². The summed E-state index contributed by atoms with van der Waals surface area (Å²) >= 11 is 0. The Morgan fingerprint density at radius 1 is 1.09 bits per heavy atom. The number of ketones is 1. The molecule has 0 amide bonds. The van der Waals surface area contributed by atoms with Crippen LogP contribution in [0.5, 0.6) is 11.5 Å². The van der Waals surface area contributed by atoms with Gasteiger partial charge in [-0.25, -0.2) is 4.79 Å². The minimum atomic E-state index is -0.976. The molecule has 0 bridgehead atoms. The van der Waals surface area contributed by atoms with Crippen molar-refractivity contribution in [1.29, 1.82) is 0 Å². The lowest BCUT2D eigenvalue weighted by Gasteiger charge is -2.18. The predicted octanol–water partition coefficient (Wildman–Crippen LogP) is 4.89. The van der Waals surface area contributed by atoms with Gasteiger partial charge < -0.3 is 14.2 Å². The van der Waals surface area contributed by atoms with E-state index in [1.54, 1.807) is 49.4 Å². The molecule has 0 saturated carbocycles. The van der Waals surface area contributed by atoms with E-state index in [9.17, 15) is 19.7 Å². The van der Waals surface area contributed by atoms with Gasteiger partial charge in [0.05, 0.1) is 17.1 Å². The van der Waals surface area contributed by atoms with Crippen LogP contribution >= 0.6 is 0 Å². The van der Waals surface area contributed by atoms with Crippen molar-refractivity contribution in [2.45, 2.75) is 13.0 Å². The number of ether oxygens (including phenoxy) is 3. The first-order valence-electron chi connectivity index (χ1n) is 10.2. The van der Waals surface area contributed by atoms with Crippen molar-refractivity contribution in [3.63, 3.8) is 0 Å². The molecule has 0 spiro atoms. The second-order valence-electron chi connectivity index (χ2n) is 7.11. The number of nitro benzene ring substituents is 1. The molecule has 0 radical (unpaired) electrons. The number of carbonyl (C=O) groups is 2. The highest BCUT2D eigenvalue weighted by Crippen LogP contribution is 2.36. The van der Waals surface area contributed by atoms with Gasteiger partial charge in [-0.05, 0) is 42.8 Å². The third kappa shape index (κ3) is 4.74. The highest BCUT2D eigenvalue weighted by molar-refractivity contribution is 6.14. The number of hydrogen-bond donors (Lipinski definition) is 0. The second kappa shape index (κ2) is 9.35. The normalized spacial score (nSPS) is 14.3. The third-order valence-corrected chi connectivity index (χ3v) is 4.90. The zero-order valence-electron chi connectivity index (χ0n) is 17.6. The number of nitrogens with zero attached hydrogens (tertiary/aromatic N) is 1. The van der Waals surface area contributed by atoms with Gasteiger partial charge in [-0.15, -0.1) is 0 Å². The van der Waals surface area contributed by atoms with E-state index in [0.29, 0.717) is 28.2 Å². The number of rotatable bonds is 7. The van der Waals surface area contributed by atoms with Gasteiger partial charge in [-0.2, -0.15) is 0 Å². The van der Waals surface area contributed by atoms with Crippen molar-refractivity contribution in [3.05, 3.63) is 105 Å². The van der Waals surface area contributed by atoms with E-state index >= 15 is 0 Å². The van der Waals surface area contributed by atoms with Crippen LogP contribution in [-0.2, 0) is 9.53 Å². The zero-order valence-corrected chi connectivity index (χ0v) is 17.6. The molecule has 1 heterocycles. The lowest BCUT2D eigenvalue weighted by atomic mass is 10.1. The Bertz CT molecular complexity index is 1230. The number of benzene rings is 3. The molecule has 166 valence electrons. The summed E-state index contributed by atoms with van der Waals surface area (Å²) in [5, 5.41) is 10.8. The number of nitro groups is 1. The number of hydrogen-bond acceptors (Lipinski definition) is 7. The molecular formula is C25H19NO7. The number of fused-ring (bicyclic) bond motifs is 1. The van der Waals surface area contributed by atoms with Gasteiger partial charge in [0, 0.05) is 23.8 Å². The molecule has 33 heavy (non-hydrogen) atoms. The molecule has 1 atom stereocenters. The Labute approximate surface area is 189 Å². The first-order chi connectivity index (χ1) is 16.0. The summed E-state index contributed by atoms with van der Waals surface area (Å²) in [6.45, 7) is 1.93. The van der Waals surface area contributed by atoms with Gasteiger partial charge in [-0.1, -0.05) is 30.3 Å². The van der Waals surface area contributed by atoms with Crippen LogP contribution in [0.4, 0.5) is 5.69 Å². The van der Waals surface area contributed by atoms with E-state index in [1.807, 2.05) is 6.07 Å². The summed E-state index contributed by atoms with van der Waals surface area (Å²) in [4.78, 5) is 35.5. The van der Waals surface area contributed by atoms with Gasteiger partial charge in [0.15, 0.2) is 5.76 Å². The lowest BCUT2D eigenvalue weighted by Crippen LogP contribution is -2.21. The minimum absolute atomic E-state index is 0.0459. The number of carbonyl (C=O) groups excluding carboxylic acids is 2. The first kappa shape index (κ1) is 21.8. The first-order valence-corrected chi connectivity index (χ1v) is 10.2. The largest absolute Gasteiger partial charge is 0.474 e. The summed E-state index contributed by atoms with van der Waals surface area (Å²) < 4.78 is 16.8. The maximum absolute atomic E-state index is 12.7. The maximum atomic E-state index is 12.7. The second-order valence-corrected chi connectivity index (χ2v) is 7.11. The highest BCUT2D eigenvalue weighted by Gasteiger charge is 2.29. The highest BCUT2D eigenvalue weighted by atomic mass is 16.6. The van der Waals surface area contributed by atoms with Crippen LogP contribution in [0.15, 0.2) is 78.6 Å². The van der Waals surface area contributed by atoms with E-state index in [4.69, 9.17) is 14.2 Å². The fourth-order valence-corrected chi connectivity index (χ4v) is 3.32. The molecule has 1 unspecified atom stereocenters. The fourth-order valence-electron chi connectivity index (χ4n) is 3.32. The summed E-state index contributed by atoms with van der Waals surface area (Å²) in [6, 6.07) is 19.4. The monoisotopic (exact) mass is 445 g/mol. The smallest absolute Gasteiger partial charge is 0.352 e. The van der Waals surface area contributed by atoms with Crippen LogP contribution in [0.1, 0.15) is 34.5 Å². The van der Waals surface area contributed by atoms with E-state index in [-0.39, 0.29) is 23.8 Å². The average Bonchev–Trinajstić information content (AvgIpc) is 3.13. The number of Topliss-reactive ketones (excluding diaryl/α,β-unsaturated/α-hetero) is 1. The Morgan fingerprint density at radius 2 is 1.82 bits per heavy atom. The van der Waals surface area contributed by atoms with Gasteiger partial charge in [0.2, 0.25) is 11.9 Å². The van der Waals surface area contributed by atoms with Crippen LogP contribution in [0.2, 0.25) is 0 Å². The van der Waals surface area contributed by atoms with Crippen LogP contribution in [0.25, 0.3) is 6.08 Å². The van der Waals surface area contributed by atoms with Gasteiger partial charge in [-0.3, -0.25) is 14.9 Å². The molecule has 0 fully saturated rings. The zero-order chi connectivity index (χ0) is 23.4. The SMILES string of the molecule is CCOC(=O)C(Oc1ccc2c(c1)O/C(=C\c1ccc([N+](=O)[O-])cc1)C2=O)c1ccccc1. The quantitative estimate of drug-likeness (QED) is 0.221. The molecule has 1 aliphatic heterocycles. The summed E-state index contributed by atoms with van der Waals surface area (Å²) in [5.74, 6) is -0.137. The summed E-state index contributed by atoms with van der Waals surface area (Å²) in [6.07, 6.45) is 0.536. The third-order valence-electron chi connectivity index (χ3n) is 4.90. The summed E-state index contributed by atoms with van der Waals surface area (Å²) in [7, 11) is 0. The molecule has 8 heteroatoms. The van der Waals surface area contributed by atoms with Crippen LogP contribution in [0, 0.1) is 10.1 Å². The van der Waals surface area contributed by atoms with Crippen molar-refractivity contribution in [1.82, 2.24) is 0 Å². The number of esters is 1. The van der Waals surface area contributed by atoms with E-state index in [0.717, 1.165) is 0 Å². The van der Waals surface area contributed by atoms with Crippen molar-refractivity contribution >= 4 is 23.5 Å². The molecule has 3 aromatic rings. The predicted molar refractivity (Wildman–Crippen MR) is 119 cm³/mol. The topological polar surface area (TPSA) is 105 Å². The molecule has 1 aliphatic rings. The molecule has 0 saturated heterocycles. The van der Waals surface area contributed by atoms with Crippen molar-refractivity contribution in [2.24, 2.45) is 0 Å². The molecule has 4 rings (SSSR count). The fraction of sp³-hybridized carbons (Fsp3) is 0.120. The molecule has 0 N–H and O–H groups in total.